The maximum Gasteiger partial charge on any atom is 0.336 e. The van der Waals surface area contributed by atoms with Crippen LogP contribution in [0.4, 0.5) is 0 Å². The van der Waals surface area contributed by atoms with Gasteiger partial charge in [0, 0.05) is 9.79 Å². The third kappa shape index (κ3) is 4.35. The standard InChI is InChI=1S/C16H10O8S2/c17-13(18)7-1-3-11(9(5-7)15(21)22)25-26-12-4-2-8(14(19)20)6-10(12)16(23)24/h1-6H,(H,17,18)(H,19,20)(H,21,22)(H,23,24). The van der Waals surface area contributed by atoms with E-state index < -0.39 is 23.9 Å². The topological polar surface area (TPSA) is 149 Å². The van der Waals surface area contributed by atoms with Crippen LogP contribution >= 0.6 is 21.6 Å². The Hall–Kier alpha value is -2.98. The SMILES string of the molecule is O=C(O)c1ccc(SSc2ccc(C(=O)O)cc2C(=O)O)c(C(=O)O)c1. The second kappa shape index (κ2) is 7.93. The highest BCUT2D eigenvalue weighted by Gasteiger charge is 2.18. The molecule has 0 aliphatic carbocycles. The van der Waals surface area contributed by atoms with E-state index in [-0.39, 0.29) is 32.0 Å². The first-order chi connectivity index (χ1) is 12.2. The molecule has 0 amide bonds. The molecule has 0 unspecified atom stereocenters. The zero-order valence-corrected chi connectivity index (χ0v) is 14.3. The fourth-order valence-electron chi connectivity index (χ4n) is 1.90. The average Bonchev–Trinajstić information content (AvgIpc) is 2.59. The Bertz CT molecular complexity index is 847. The highest BCUT2D eigenvalue weighted by molar-refractivity contribution is 8.76. The largest absolute Gasteiger partial charge is 0.478 e. The molecule has 26 heavy (non-hydrogen) atoms. The van der Waals surface area contributed by atoms with Crippen LogP contribution in [-0.4, -0.2) is 44.3 Å². The summed E-state index contributed by atoms with van der Waals surface area (Å²) in [5, 5.41) is 36.3. The molecule has 2 aromatic carbocycles. The maximum absolute atomic E-state index is 11.3. The summed E-state index contributed by atoms with van der Waals surface area (Å²) in [6.45, 7) is 0. The van der Waals surface area contributed by atoms with Gasteiger partial charge in [0.15, 0.2) is 0 Å². The highest BCUT2D eigenvalue weighted by Crippen LogP contribution is 2.41. The minimum Gasteiger partial charge on any atom is -0.478 e. The summed E-state index contributed by atoms with van der Waals surface area (Å²) in [5.74, 6) is -5.19. The van der Waals surface area contributed by atoms with Gasteiger partial charge < -0.3 is 20.4 Å². The number of carbonyl (C=O) groups is 4. The van der Waals surface area contributed by atoms with E-state index in [9.17, 15) is 29.4 Å². The van der Waals surface area contributed by atoms with Gasteiger partial charge in [-0.05, 0) is 36.4 Å². The van der Waals surface area contributed by atoms with Gasteiger partial charge in [0.1, 0.15) is 0 Å². The fraction of sp³-hybridized carbons (Fsp3) is 0. The zero-order valence-electron chi connectivity index (χ0n) is 12.7. The van der Waals surface area contributed by atoms with E-state index in [0.717, 1.165) is 33.7 Å². The van der Waals surface area contributed by atoms with Crippen molar-refractivity contribution in [2.75, 3.05) is 0 Å². The second-order valence-electron chi connectivity index (χ2n) is 4.81. The highest BCUT2D eigenvalue weighted by atomic mass is 33.1. The summed E-state index contributed by atoms with van der Waals surface area (Å²) in [5.41, 5.74) is -0.842. The minimum absolute atomic E-state index is 0.186. The molecule has 0 heterocycles. The molecule has 0 saturated carbocycles. The molecule has 8 nitrogen and oxygen atoms in total. The van der Waals surface area contributed by atoms with E-state index in [2.05, 4.69) is 0 Å². The molecule has 0 aliphatic rings. The lowest BCUT2D eigenvalue weighted by Crippen LogP contribution is -2.04. The van der Waals surface area contributed by atoms with Gasteiger partial charge >= 0.3 is 23.9 Å². The van der Waals surface area contributed by atoms with Gasteiger partial charge in [0.05, 0.1) is 22.3 Å². The zero-order chi connectivity index (χ0) is 19.4. The van der Waals surface area contributed by atoms with Crippen molar-refractivity contribution < 1.29 is 39.6 Å². The molecule has 0 atom stereocenters. The first-order valence-corrected chi connectivity index (χ1v) is 8.91. The van der Waals surface area contributed by atoms with Crippen molar-refractivity contribution in [1.29, 1.82) is 0 Å². The maximum atomic E-state index is 11.3. The van der Waals surface area contributed by atoms with Gasteiger partial charge in [-0.15, -0.1) is 0 Å². The van der Waals surface area contributed by atoms with Crippen molar-refractivity contribution in [3.63, 3.8) is 0 Å². The van der Waals surface area contributed by atoms with E-state index in [0.29, 0.717) is 0 Å². The molecule has 4 N–H and O–H groups in total. The minimum atomic E-state index is -1.32. The monoisotopic (exact) mass is 394 g/mol. The van der Waals surface area contributed by atoms with Crippen molar-refractivity contribution in [3.8, 4) is 0 Å². The molecule has 0 saturated heterocycles. The lowest BCUT2D eigenvalue weighted by molar-refractivity contribution is 0.0673. The van der Waals surface area contributed by atoms with E-state index in [1.807, 2.05) is 0 Å². The molecular formula is C16H10O8S2. The quantitative estimate of drug-likeness (QED) is 0.515. The second-order valence-corrected chi connectivity index (χ2v) is 7.02. The van der Waals surface area contributed by atoms with E-state index >= 15 is 0 Å². The molecular weight excluding hydrogens is 384 g/mol. The van der Waals surface area contributed by atoms with Crippen LogP contribution in [0.5, 0.6) is 0 Å². The van der Waals surface area contributed by atoms with Gasteiger partial charge in [-0.2, -0.15) is 0 Å². The molecule has 0 bridgehead atoms. The van der Waals surface area contributed by atoms with Crippen LogP contribution in [0.15, 0.2) is 46.2 Å². The van der Waals surface area contributed by atoms with Crippen LogP contribution in [-0.2, 0) is 0 Å². The van der Waals surface area contributed by atoms with Gasteiger partial charge in [-0.3, -0.25) is 0 Å². The Morgan fingerprint density at radius 1 is 0.577 bits per heavy atom. The van der Waals surface area contributed by atoms with Crippen molar-refractivity contribution in [2.24, 2.45) is 0 Å². The molecule has 0 aromatic heterocycles. The lowest BCUT2D eigenvalue weighted by Gasteiger charge is -2.09. The predicted molar refractivity (Wildman–Crippen MR) is 92.4 cm³/mol. The number of aromatic carboxylic acids is 4. The Kier molecular flexibility index (Phi) is 5.90. The molecule has 0 spiro atoms. The average molecular weight is 394 g/mol. The third-order valence-electron chi connectivity index (χ3n) is 3.14. The molecule has 2 rings (SSSR count). The smallest absolute Gasteiger partial charge is 0.336 e. The number of benzene rings is 2. The molecule has 2 aromatic rings. The van der Waals surface area contributed by atoms with Gasteiger partial charge in [-0.1, -0.05) is 21.6 Å². The normalized spacial score (nSPS) is 10.3. The number of hydrogen-bond donors (Lipinski definition) is 4. The van der Waals surface area contributed by atoms with Crippen molar-refractivity contribution in [3.05, 3.63) is 58.7 Å². The Morgan fingerprint density at radius 2 is 0.923 bits per heavy atom. The van der Waals surface area contributed by atoms with Crippen LogP contribution in [0, 0.1) is 0 Å². The number of carboxylic acids is 4. The lowest BCUT2D eigenvalue weighted by atomic mass is 10.1. The Labute approximate surface area is 153 Å². The Balaban J connectivity index is 2.34. The first kappa shape index (κ1) is 19.3. The van der Waals surface area contributed by atoms with Crippen molar-refractivity contribution >= 4 is 45.5 Å². The summed E-state index contributed by atoms with van der Waals surface area (Å²) in [7, 11) is 1.85. The van der Waals surface area contributed by atoms with E-state index in [4.69, 9.17) is 10.2 Å². The number of carboxylic acid groups (broad SMARTS) is 4. The summed E-state index contributed by atoms with van der Waals surface area (Å²) < 4.78 is 0. The molecule has 10 heteroatoms. The molecule has 0 radical (unpaired) electrons. The summed E-state index contributed by atoms with van der Waals surface area (Å²) >= 11 is 0. The first-order valence-electron chi connectivity index (χ1n) is 6.76. The van der Waals surface area contributed by atoms with Crippen LogP contribution in [0.2, 0.25) is 0 Å². The van der Waals surface area contributed by atoms with E-state index in [1.54, 1.807) is 0 Å². The van der Waals surface area contributed by atoms with Crippen molar-refractivity contribution in [2.45, 2.75) is 9.79 Å². The van der Waals surface area contributed by atoms with Crippen LogP contribution in [0.25, 0.3) is 0 Å². The van der Waals surface area contributed by atoms with Gasteiger partial charge in [0.2, 0.25) is 0 Å². The summed E-state index contributed by atoms with van der Waals surface area (Å²) in [4.78, 5) is 45.0. The van der Waals surface area contributed by atoms with Crippen LogP contribution < -0.4 is 0 Å². The van der Waals surface area contributed by atoms with Gasteiger partial charge in [0.25, 0.3) is 0 Å². The Morgan fingerprint density at radius 3 is 1.19 bits per heavy atom. The molecule has 134 valence electrons. The fourth-order valence-corrected chi connectivity index (χ4v) is 4.20. The van der Waals surface area contributed by atoms with E-state index in [1.165, 1.54) is 24.3 Å². The summed E-state index contributed by atoms with van der Waals surface area (Å²) in [6.07, 6.45) is 0. The molecule has 0 fully saturated rings. The number of hydrogen-bond acceptors (Lipinski definition) is 6. The summed E-state index contributed by atoms with van der Waals surface area (Å²) in [6, 6.07) is 7.14. The van der Waals surface area contributed by atoms with Crippen LogP contribution in [0.1, 0.15) is 41.4 Å². The van der Waals surface area contributed by atoms with Gasteiger partial charge in [-0.25, -0.2) is 19.2 Å². The predicted octanol–water partition coefficient (Wildman–Crippen LogP) is 3.28. The van der Waals surface area contributed by atoms with Crippen LogP contribution in [0.3, 0.4) is 0 Å². The third-order valence-corrected chi connectivity index (χ3v) is 5.62. The van der Waals surface area contributed by atoms with Crippen molar-refractivity contribution in [1.82, 2.24) is 0 Å². The number of rotatable bonds is 7. The molecule has 0 aliphatic heterocycles.